The van der Waals surface area contributed by atoms with Crippen LogP contribution in [-0.4, -0.2) is 38.6 Å². The molecule has 0 radical (unpaired) electrons. The minimum Gasteiger partial charge on any atom is -0.388 e. The first-order chi connectivity index (χ1) is 7.29. The third-order valence-electron chi connectivity index (χ3n) is 2.64. The first-order valence-corrected chi connectivity index (χ1v) is 7.02. The highest BCUT2D eigenvalue weighted by atomic mass is 32.2. The van der Waals surface area contributed by atoms with Crippen molar-refractivity contribution in [2.75, 3.05) is 24.6 Å². The van der Waals surface area contributed by atoms with E-state index in [-0.39, 0.29) is 0 Å². The molecule has 15 heavy (non-hydrogen) atoms. The number of hydrogen-bond acceptors (Lipinski definition) is 6. The SMILES string of the molecule is CCC1CN(Cc2nnsc2N)CCS1. The number of aromatic nitrogens is 2. The Balaban J connectivity index is 1.92. The molecule has 2 heterocycles. The van der Waals surface area contributed by atoms with Gasteiger partial charge in [0.2, 0.25) is 0 Å². The van der Waals surface area contributed by atoms with Gasteiger partial charge in [-0.25, -0.2) is 0 Å². The van der Waals surface area contributed by atoms with E-state index in [1.165, 1.54) is 23.7 Å². The first-order valence-electron chi connectivity index (χ1n) is 5.20. The Morgan fingerprint density at radius 2 is 2.47 bits per heavy atom. The second-order valence-electron chi connectivity index (χ2n) is 3.72. The standard InChI is InChI=1S/C9H16N4S2/c1-2-7-5-13(3-4-14-7)6-8-9(10)15-12-11-8/h7H,2-6,10H2,1H3. The van der Waals surface area contributed by atoms with Crippen molar-refractivity contribution >= 4 is 28.3 Å². The maximum Gasteiger partial charge on any atom is 0.132 e. The van der Waals surface area contributed by atoms with Gasteiger partial charge in [-0.15, -0.1) is 5.10 Å². The van der Waals surface area contributed by atoms with Gasteiger partial charge in [-0.1, -0.05) is 11.4 Å². The molecule has 6 heteroatoms. The molecule has 1 fully saturated rings. The number of nitrogen functional groups attached to an aromatic ring is 1. The zero-order chi connectivity index (χ0) is 10.7. The molecule has 1 unspecified atom stereocenters. The van der Waals surface area contributed by atoms with Crippen LogP contribution in [0.5, 0.6) is 0 Å². The Morgan fingerprint density at radius 3 is 3.13 bits per heavy atom. The quantitative estimate of drug-likeness (QED) is 0.872. The Morgan fingerprint density at radius 1 is 1.60 bits per heavy atom. The molecule has 1 aliphatic rings. The fourth-order valence-electron chi connectivity index (χ4n) is 1.71. The molecule has 0 saturated carbocycles. The molecule has 4 nitrogen and oxygen atoms in total. The third kappa shape index (κ3) is 2.83. The van der Waals surface area contributed by atoms with Crippen LogP contribution in [0.3, 0.4) is 0 Å². The highest BCUT2D eigenvalue weighted by molar-refractivity contribution is 8.00. The van der Waals surface area contributed by atoms with Crippen molar-refractivity contribution in [3.63, 3.8) is 0 Å². The molecule has 0 aliphatic carbocycles. The monoisotopic (exact) mass is 244 g/mol. The second-order valence-corrected chi connectivity index (χ2v) is 5.91. The Labute approximate surface area is 98.4 Å². The number of nitrogens with zero attached hydrogens (tertiary/aromatic N) is 3. The van der Waals surface area contributed by atoms with Gasteiger partial charge in [-0.3, -0.25) is 4.90 Å². The van der Waals surface area contributed by atoms with Gasteiger partial charge in [-0.05, 0) is 6.42 Å². The number of hydrogen-bond donors (Lipinski definition) is 1. The highest BCUT2D eigenvalue weighted by Crippen LogP contribution is 2.23. The minimum absolute atomic E-state index is 0.765. The largest absolute Gasteiger partial charge is 0.388 e. The molecule has 2 N–H and O–H groups in total. The summed E-state index contributed by atoms with van der Waals surface area (Å²) in [6.07, 6.45) is 1.24. The number of nitrogens with two attached hydrogens (primary N) is 1. The van der Waals surface area contributed by atoms with E-state index in [1.807, 2.05) is 0 Å². The predicted octanol–water partition coefficient (Wildman–Crippen LogP) is 1.45. The van der Waals surface area contributed by atoms with Gasteiger partial charge in [0, 0.05) is 42.2 Å². The maximum absolute atomic E-state index is 5.79. The summed E-state index contributed by atoms with van der Waals surface area (Å²) in [5.41, 5.74) is 6.73. The summed E-state index contributed by atoms with van der Waals surface area (Å²) in [7, 11) is 0. The van der Waals surface area contributed by atoms with Gasteiger partial charge in [0.05, 0.1) is 0 Å². The Hall–Kier alpha value is -0.330. The van der Waals surface area contributed by atoms with E-state index in [2.05, 4.69) is 33.2 Å². The van der Waals surface area contributed by atoms with Crippen LogP contribution in [0.2, 0.25) is 0 Å². The van der Waals surface area contributed by atoms with E-state index < -0.39 is 0 Å². The first kappa shape index (κ1) is 11.2. The second kappa shape index (κ2) is 5.14. The van der Waals surface area contributed by atoms with Crippen LogP contribution >= 0.6 is 23.3 Å². The predicted molar refractivity (Wildman–Crippen MR) is 66.1 cm³/mol. The maximum atomic E-state index is 5.79. The lowest BCUT2D eigenvalue weighted by Crippen LogP contribution is -2.37. The summed E-state index contributed by atoms with van der Waals surface area (Å²) in [4.78, 5) is 2.43. The molecule has 0 amide bonds. The Bertz CT molecular complexity index is 315. The normalized spacial score (nSPS) is 23.1. The van der Waals surface area contributed by atoms with Crippen molar-refractivity contribution < 1.29 is 0 Å². The number of rotatable bonds is 3. The molecule has 84 valence electrons. The molecule has 0 bridgehead atoms. The van der Waals surface area contributed by atoms with Crippen molar-refractivity contribution in [1.82, 2.24) is 14.5 Å². The van der Waals surface area contributed by atoms with Gasteiger partial charge in [0.25, 0.3) is 0 Å². The van der Waals surface area contributed by atoms with E-state index in [0.29, 0.717) is 0 Å². The Kier molecular flexibility index (Phi) is 3.82. The summed E-state index contributed by atoms with van der Waals surface area (Å²) >= 11 is 3.36. The average Bonchev–Trinajstić information content (AvgIpc) is 2.65. The van der Waals surface area contributed by atoms with Crippen molar-refractivity contribution in [1.29, 1.82) is 0 Å². The van der Waals surface area contributed by atoms with E-state index in [9.17, 15) is 0 Å². The molecular formula is C9H16N4S2. The fraction of sp³-hybridized carbons (Fsp3) is 0.778. The van der Waals surface area contributed by atoms with Crippen molar-refractivity contribution in [3.05, 3.63) is 5.69 Å². The third-order valence-corrected chi connectivity index (χ3v) is 4.60. The molecule has 0 spiro atoms. The topological polar surface area (TPSA) is 55.0 Å². The summed E-state index contributed by atoms with van der Waals surface area (Å²) in [5, 5.41) is 5.59. The lowest BCUT2D eigenvalue weighted by Gasteiger charge is -2.31. The molecule has 1 aromatic heterocycles. The molecule has 1 saturated heterocycles. The van der Waals surface area contributed by atoms with Gasteiger partial charge < -0.3 is 5.73 Å². The molecule has 1 aliphatic heterocycles. The lowest BCUT2D eigenvalue weighted by atomic mass is 10.3. The van der Waals surface area contributed by atoms with Crippen LogP contribution < -0.4 is 5.73 Å². The summed E-state index contributed by atoms with van der Waals surface area (Å²) in [6, 6.07) is 0. The number of anilines is 1. The van der Waals surface area contributed by atoms with Gasteiger partial charge in [0.1, 0.15) is 10.7 Å². The summed E-state index contributed by atoms with van der Waals surface area (Å²) < 4.78 is 3.86. The van der Waals surface area contributed by atoms with Crippen LogP contribution in [0.25, 0.3) is 0 Å². The molecule has 1 atom stereocenters. The van der Waals surface area contributed by atoms with E-state index in [4.69, 9.17) is 5.73 Å². The minimum atomic E-state index is 0.765. The van der Waals surface area contributed by atoms with Gasteiger partial charge in [0.15, 0.2) is 0 Å². The van der Waals surface area contributed by atoms with Crippen LogP contribution in [0, 0.1) is 0 Å². The van der Waals surface area contributed by atoms with Gasteiger partial charge >= 0.3 is 0 Å². The van der Waals surface area contributed by atoms with Crippen LogP contribution in [-0.2, 0) is 6.54 Å². The van der Waals surface area contributed by atoms with E-state index in [1.54, 1.807) is 0 Å². The van der Waals surface area contributed by atoms with Crippen molar-refractivity contribution in [2.24, 2.45) is 0 Å². The van der Waals surface area contributed by atoms with Crippen LogP contribution in [0.1, 0.15) is 19.0 Å². The average molecular weight is 244 g/mol. The zero-order valence-electron chi connectivity index (χ0n) is 8.85. The molecular weight excluding hydrogens is 228 g/mol. The van der Waals surface area contributed by atoms with Crippen LogP contribution in [0.15, 0.2) is 0 Å². The molecule has 0 aromatic carbocycles. The number of thioether (sulfide) groups is 1. The van der Waals surface area contributed by atoms with Crippen molar-refractivity contribution in [2.45, 2.75) is 25.1 Å². The molecule has 1 aromatic rings. The fourth-order valence-corrected chi connectivity index (χ4v) is 3.39. The van der Waals surface area contributed by atoms with Gasteiger partial charge in [-0.2, -0.15) is 11.8 Å². The zero-order valence-corrected chi connectivity index (χ0v) is 10.5. The summed E-state index contributed by atoms with van der Waals surface area (Å²) in [6.45, 7) is 5.40. The summed E-state index contributed by atoms with van der Waals surface area (Å²) in [5.74, 6) is 1.22. The lowest BCUT2D eigenvalue weighted by molar-refractivity contribution is 0.270. The smallest absolute Gasteiger partial charge is 0.132 e. The molecule has 2 rings (SSSR count). The van der Waals surface area contributed by atoms with E-state index in [0.717, 1.165) is 35.6 Å². The van der Waals surface area contributed by atoms with Crippen LogP contribution in [0.4, 0.5) is 5.00 Å². The highest BCUT2D eigenvalue weighted by Gasteiger charge is 2.20. The van der Waals surface area contributed by atoms with Crippen molar-refractivity contribution in [3.8, 4) is 0 Å². The van der Waals surface area contributed by atoms with E-state index >= 15 is 0 Å².